The summed E-state index contributed by atoms with van der Waals surface area (Å²) in [6.07, 6.45) is 3.07. The fourth-order valence-corrected chi connectivity index (χ4v) is 3.54. The number of carboxylic acids is 1. The number of piperidine rings is 1. The second-order valence-corrected chi connectivity index (χ2v) is 6.60. The van der Waals surface area contributed by atoms with E-state index in [-0.39, 0.29) is 5.92 Å². The number of anilines is 2. The van der Waals surface area contributed by atoms with Crippen LogP contribution in [0.2, 0.25) is 0 Å². The van der Waals surface area contributed by atoms with Gasteiger partial charge in [-0.1, -0.05) is 12.1 Å². The number of aliphatic carboxylic acids is 1. The van der Waals surface area contributed by atoms with Crippen molar-refractivity contribution in [1.29, 1.82) is 0 Å². The smallest absolute Gasteiger partial charge is 0.306 e. The minimum absolute atomic E-state index is 0.245. The molecule has 116 valence electrons. The molecular weight excluding hydrogens is 346 g/mol. The van der Waals surface area contributed by atoms with Gasteiger partial charge < -0.3 is 15.7 Å². The van der Waals surface area contributed by atoms with Gasteiger partial charge in [0.05, 0.1) is 5.92 Å². The van der Waals surface area contributed by atoms with Crippen molar-refractivity contribution in [3.63, 3.8) is 0 Å². The van der Waals surface area contributed by atoms with Crippen molar-refractivity contribution in [2.75, 3.05) is 23.7 Å². The maximum Gasteiger partial charge on any atom is 0.306 e. The van der Waals surface area contributed by atoms with Crippen LogP contribution in [0.4, 0.5) is 11.5 Å². The molecule has 3 N–H and O–H groups in total. The molecule has 0 unspecified atom stereocenters. The third-order valence-electron chi connectivity index (χ3n) is 4.39. The Kier molecular flexibility index (Phi) is 3.95. The van der Waals surface area contributed by atoms with E-state index in [1.807, 2.05) is 19.1 Å². The molecule has 0 saturated carbocycles. The molecule has 0 spiro atoms. The van der Waals surface area contributed by atoms with Gasteiger partial charge in [-0.3, -0.25) is 4.79 Å². The van der Waals surface area contributed by atoms with Gasteiger partial charge in [0.15, 0.2) is 0 Å². The predicted octanol–water partition coefficient (Wildman–Crippen LogP) is 3.19. The highest BCUT2D eigenvalue weighted by atomic mass is 79.9. The number of hydrogen-bond donors (Lipinski definition) is 2. The van der Waals surface area contributed by atoms with Gasteiger partial charge in [-0.05, 0) is 41.3 Å². The van der Waals surface area contributed by atoms with Crippen LogP contribution in [0.15, 0.2) is 22.8 Å². The Morgan fingerprint density at radius 2 is 2.09 bits per heavy atom. The molecule has 0 atom stereocenters. The zero-order valence-electron chi connectivity index (χ0n) is 12.3. The fraction of sp³-hybridized carbons (Fsp3) is 0.375. The van der Waals surface area contributed by atoms with Gasteiger partial charge in [-0.15, -0.1) is 0 Å². The summed E-state index contributed by atoms with van der Waals surface area (Å²) >= 11 is 3.53. The Balaban J connectivity index is 2.01. The molecule has 0 radical (unpaired) electrons. The Morgan fingerprint density at radius 1 is 1.41 bits per heavy atom. The number of benzene rings is 1. The molecule has 22 heavy (non-hydrogen) atoms. The number of rotatable bonds is 2. The molecule has 5 nitrogen and oxygen atoms in total. The van der Waals surface area contributed by atoms with Crippen molar-refractivity contribution < 1.29 is 9.90 Å². The molecule has 1 aliphatic heterocycles. The monoisotopic (exact) mass is 363 g/mol. The van der Waals surface area contributed by atoms with E-state index in [9.17, 15) is 4.79 Å². The fourth-order valence-electron chi connectivity index (χ4n) is 3.01. The number of nitrogens with two attached hydrogens (primary N) is 1. The number of hydrogen-bond acceptors (Lipinski definition) is 4. The molecule has 2 heterocycles. The topological polar surface area (TPSA) is 79.5 Å². The first kappa shape index (κ1) is 15.1. The average molecular weight is 364 g/mol. The highest BCUT2D eigenvalue weighted by molar-refractivity contribution is 9.10. The van der Waals surface area contributed by atoms with E-state index in [0.29, 0.717) is 25.9 Å². The molecule has 2 aromatic rings. The Labute approximate surface area is 137 Å². The number of nitrogen functional groups attached to an aromatic ring is 1. The summed E-state index contributed by atoms with van der Waals surface area (Å²) in [7, 11) is 0. The van der Waals surface area contributed by atoms with Gasteiger partial charge in [-0.2, -0.15) is 0 Å². The Bertz CT molecular complexity index is 740. The summed E-state index contributed by atoms with van der Waals surface area (Å²) in [4.78, 5) is 17.8. The second kappa shape index (κ2) is 5.76. The molecular formula is C16H18BrN3O2. The van der Waals surface area contributed by atoms with E-state index in [1.165, 1.54) is 0 Å². The largest absolute Gasteiger partial charge is 0.481 e. The predicted molar refractivity (Wildman–Crippen MR) is 91.2 cm³/mol. The van der Waals surface area contributed by atoms with E-state index >= 15 is 0 Å². The van der Waals surface area contributed by atoms with Crippen LogP contribution in [0.1, 0.15) is 18.4 Å². The van der Waals surface area contributed by atoms with Crippen LogP contribution >= 0.6 is 15.9 Å². The van der Waals surface area contributed by atoms with E-state index in [4.69, 9.17) is 10.8 Å². The third-order valence-corrected chi connectivity index (χ3v) is 4.99. The second-order valence-electron chi connectivity index (χ2n) is 5.75. The number of fused-ring (bicyclic) bond motifs is 1. The maximum atomic E-state index is 11.1. The number of aryl methyl sites for hydroxylation is 1. The molecule has 1 aromatic carbocycles. The molecule has 1 saturated heterocycles. The lowest BCUT2D eigenvalue weighted by Crippen LogP contribution is -2.36. The number of carbonyl (C=O) groups is 1. The molecule has 0 bridgehead atoms. The van der Waals surface area contributed by atoms with Crippen molar-refractivity contribution in [2.45, 2.75) is 19.8 Å². The van der Waals surface area contributed by atoms with Crippen LogP contribution in [-0.4, -0.2) is 29.1 Å². The van der Waals surface area contributed by atoms with Gasteiger partial charge >= 0.3 is 5.97 Å². The quantitative estimate of drug-likeness (QED) is 0.800. The van der Waals surface area contributed by atoms with Crippen LogP contribution in [0, 0.1) is 12.8 Å². The van der Waals surface area contributed by atoms with Crippen molar-refractivity contribution in [3.8, 4) is 0 Å². The number of nitrogens with zero attached hydrogens (tertiary/aromatic N) is 2. The van der Waals surface area contributed by atoms with Crippen molar-refractivity contribution >= 4 is 44.2 Å². The summed E-state index contributed by atoms with van der Waals surface area (Å²) in [6, 6.07) is 4.04. The van der Waals surface area contributed by atoms with Crippen molar-refractivity contribution in [3.05, 3.63) is 28.4 Å². The highest BCUT2D eigenvalue weighted by Gasteiger charge is 2.26. The molecule has 0 amide bonds. The number of halogens is 1. The minimum atomic E-state index is -0.701. The van der Waals surface area contributed by atoms with Crippen molar-refractivity contribution in [2.24, 2.45) is 5.92 Å². The Morgan fingerprint density at radius 3 is 2.73 bits per heavy atom. The summed E-state index contributed by atoms with van der Waals surface area (Å²) < 4.78 is 0.882. The first-order chi connectivity index (χ1) is 10.5. The number of pyridine rings is 1. The zero-order valence-corrected chi connectivity index (χ0v) is 13.9. The van der Waals surface area contributed by atoms with Gasteiger partial charge in [0.2, 0.25) is 0 Å². The van der Waals surface area contributed by atoms with Gasteiger partial charge in [-0.25, -0.2) is 4.98 Å². The van der Waals surface area contributed by atoms with Gasteiger partial charge in [0.1, 0.15) is 5.82 Å². The number of carboxylic acid groups (broad SMARTS) is 1. The SMILES string of the molecule is Cc1ccc2c(N3CCC(C(=O)O)CC3)ncc(Br)c2c1N. The number of aromatic nitrogens is 1. The van der Waals surface area contributed by atoms with Crippen LogP contribution in [0.3, 0.4) is 0 Å². The van der Waals surface area contributed by atoms with Crippen LogP contribution in [-0.2, 0) is 4.79 Å². The normalized spacial score (nSPS) is 16.2. The first-order valence-electron chi connectivity index (χ1n) is 7.30. The van der Waals surface area contributed by atoms with Gasteiger partial charge in [0.25, 0.3) is 0 Å². The lowest BCUT2D eigenvalue weighted by molar-refractivity contribution is -0.142. The lowest BCUT2D eigenvalue weighted by atomic mass is 9.96. The van der Waals surface area contributed by atoms with E-state index < -0.39 is 5.97 Å². The van der Waals surface area contributed by atoms with E-state index in [1.54, 1.807) is 6.20 Å². The molecule has 1 fully saturated rings. The molecule has 1 aliphatic rings. The zero-order chi connectivity index (χ0) is 15.9. The summed E-state index contributed by atoms with van der Waals surface area (Å²) in [5.41, 5.74) is 8.02. The average Bonchev–Trinajstić information content (AvgIpc) is 2.51. The molecule has 6 heteroatoms. The summed E-state index contributed by atoms with van der Waals surface area (Å²) in [6.45, 7) is 3.39. The third kappa shape index (κ3) is 2.52. The summed E-state index contributed by atoms with van der Waals surface area (Å²) in [5.74, 6) is -0.0628. The lowest BCUT2D eigenvalue weighted by Gasteiger charge is -2.32. The Hall–Kier alpha value is -1.82. The highest BCUT2D eigenvalue weighted by Crippen LogP contribution is 2.36. The minimum Gasteiger partial charge on any atom is -0.481 e. The van der Waals surface area contributed by atoms with Gasteiger partial charge in [0, 0.05) is 40.2 Å². The maximum absolute atomic E-state index is 11.1. The molecule has 3 rings (SSSR count). The summed E-state index contributed by atoms with van der Waals surface area (Å²) in [5, 5.41) is 11.1. The van der Waals surface area contributed by atoms with E-state index in [0.717, 1.165) is 32.3 Å². The van der Waals surface area contributed by atoms with Crippen LogP contribution in [0.5, 0.6) is 0 Å². The first-order valence-corrected chi connectivity index (χ1v) is 8.09. The van der Waals surface area contributed by atoms with Crippen LogP contribution in [0.25, 0.3) is 10.8 Å². The standard InChI is InChI=1S/C16H18BrN3O2/c1-9-2-3-11-13(14(9)18)12(17)8-19-15(11)20-6-4-10(5-7-20)16(21)22/h2-3,8,10H,4-7,18H2,1H3,(H,21,22). The van der Waals surface area contributed by atoms with E-state index in [2.05, 4.69) is 25.8 Å². The van der Waals surface area contributed by atoms with Crippen molar-refractivity contribution in [1.82, 2.24) is 4.98 Å². The van der Waals surface area contributed by atoms with Crippen LogP contribution < -0.4 is 10.6 Å². The molecule has 1 aromatic heterocycles. The molecule has 0 aliphatic carbocycles.